The molecule has 0 aliphatic heterocycles. The van der Waals surface area contributed by atoms with Crippen molar-refractivity contribution < 1.29 is 20.1 Å². The Morgan fingerprint density at radius 2 is 0.789 bits per heavy atom. The molecule has 0 aromatic rings. The fourth-order valence-electron chi connectivity index (χ4n) is 7.78. The molecule has 0 aromatic heterocycles. The van der Waals surface area contributed by atoms with Crippen LogP contribution in [0.5, 0.6) is 0 Å². The number of rotatable bonds is 46. The number of aliphatic hydroxyl groups excluding tert-OH is 3. The Hall–Kier alpha value is -1.43. The summed E-state index contributed by atoms with van der Waals surface area (Å²) < 4.78 is 0. The van der Waals surface area contributed by atoms with Gasteiger partial charge in [0.2, 0.25) is 5.91 Å². The number of unbranched alkanes of at least 4 members (excludes halogenated alkanes) is 33. The molecule has 0 fully saturated rings. The summed E-state index contributed by atoms with van der Waals surface area (Å²) in [4.78, 5) is 12.5. The maximum Gasteiger partial charge on any atom is 0.222 e. The molecule has 0 bridgehead atoms. The monoisotopic (exact) mass is 802 g/mol. The zero-order valence-electron chi connectivity index (χ0n) is 38.2. The minimum atomic E-state index is -0.930. The Bertz CT molecular complexity index is 885. The van der Waals surface area contributed by atoms with Crippen LogP contribution >= 0.6 is 0 Å². The average Bonchev–Trinajstić information content (AvgIpc) is 3.20. The van der Waals surface area contributed by atoms with Crippen molar-refractivity contribution in [3.8, 4) is 0 Å². The third kappa shape index (κ3) is 44.0. The maximum absolute atomic E-state index is 12.5. The van der Waals surface area contributed by atoms with Crippen molar-refractivity contribution >= 4 is 5.91 Å². The number of amides is 1. The number of carbonyl (C=O) groups excluding carboxylic acids is 1. The second kappa shape index (κ2) is 47.3. The van der Waals surface area contributed by atoms with Gasteiger partial charge in [0, 0.05) is 0 Å². The first kappa shape index (κ1) is 55.6. The van der Waals surface area contributed by atoms with E-state index in [1.807, 2.05) is 6.08 Å². The highest BCUT2D eigenvalue weighted by Gasteiger charge is 2.20. The van der Waals surface area contributed by atoms with E-state index in [0.717, 1.165) is 32.1 Å². The summed E-state index contributed by atoms with van der Waals surface area (Å²) in [6.07, 6.45) is 60.2. The standard InChI is InChI=1S/C52H99NO4/c1-3-5-7-9-11-13-15-17-19-21-22-23-24-25-26-27-28-30-31-33-35-37-39-41-43-45-49(55)47-52(57)53-50(48-54)51(56)46-44-42-40-38-36-34-32-29-20-18-16-14-12-10-8-6-4-2/h22-23,25-26,44,46,49-51,54-56H,3-21,24,27-43,45,47-48H2,1-2H3,(H,53,57)/b23-22-,26-25-,46-44+. The predicted molar refractivity (Wildman–Crippen MR) is 250 cm³/mol. The van der Waals surface area contributed by atoms with Gasteiger partial charge in [-0.3, -0.25) is 4.79 Å². The van der Waals surface area contributed by atoms with Crippen LogP contribution in [0.25, 0.3) is 0 Å². The highest BCUT2D eigenvalue weighted by molar-refractivity contribution is 5.76. The second-order valence-electron chi connectivity index (χ2n) is 17.4. The quantitative estimate of drug-likeness (QED) is 0.0365. The van der Waals surface area contributed by atoms with Crippen LogP contribution in [0.2, 0.25) is 0 Å². The molecule has 5 heteroatoms. The number of hydrogen-bond donors (Lipinski definition) is 4. The molecule has 0 spiro atoms. The average molecular weight is 802 g/mol. The van der Waals surface area contributed by atoms with E-state index in [2.05, 4.69) is 43.5 Å². The minimum absolute atomic E-state index is 0.0113. The van der Waals surface area contributed by atoms with Crippen LogP contribution < -0.4 is 5.32 Å². The summed E-state index contributed by atoms with van der Waals surface area (Å²) in [6, 6.07) is -0.746. The summed E-state index contributed by atoms with van der Waals surface area (Å²) in [5.41, 5.74) is 0. The van der Waals surface area contributed by atoms with E-state index in [1.54, 1.807) is 6.08 Å². The smallest absolute Gasteiger partial charge is 0.222 e. The van der Waals surface area contributed by atoms with Crippen molar-refractivity contribution in [3.05, 3.63) is 36.5 Å². The first-order valence-corrected chi connectivity index (χ1v) is 25.3. The van der Waals surface area contributed by atoms with Crippen molar-refractivity contribution in [1.82, 2.24) is 5.32 Å². The molecular formula is C52H99NO4. The molecule has 3 atom stereocenters. The van der Waals surface area contributed by atoms with Crippen molar-refractivity contribution in [1.29, 1.82) is 0 Å². The van der Waals surface area contributed by atoms with Crippen molar-refractivity contribution in [2.24, 2.45) is 0 Å². The Morgan fingerprint density at radius 1 is 0.456 bits per heavy atom. The van der Waals surface area contributed by atoms with E-state index in [4.69, 9.17) is 0 Å². The molecule has 0 rings (SSSR count). The second-order valence-corrected chi connectivity index (χ2v) is 17.4. The molecule has 0 aromatic carbocycles. The van der Waals surface area contributed by atoms with Crippen LogP contribution in [0.1, 0.15) is 264 Å². The van der Waals surface area contributed by atoms with Crippen LogP contribution in [0.4, 0.5) is 0 Å². The van der Waals surface area contributed by atoms with E-state index < -0.39 is 18.2 Å². The van der Waals surface area contributed by atoms with E-state index in [0.29, 0.717) is 6.42 Å². The Kier molecular flexibility index (Phi) is 46.1. The van der Waals surface area contributed by atoms with Gasteiger partial charge in [-0.2, -0.15) is 0 Å². The van der Waals surface area contributed by atoms with Gasteiger partial charge in [0.25, 0.3) is 0 Å². The number of carbonyl (C=O) groups is 1. The molecule has 1 amide bonds. The zero-order valence-corrected chi connectivity index (χ0v) is 38.2. The van der Waals surface area contributed by atoms with Crippen LogP contribution in [0, 0.1) is 0 Å². The molecule has 0 saturated carbocycles. The van der Waals surface area contributed by atoms with Crippen molar-refractivity contribution in [2.45, 2.75) is 283 Å². The summed E-state index contributed by atoms with van der Waals surface area (Å²) in [7, 11) is 0. The maximum atomic E-state index is 12.5. The van der Waals surface area contributed by atoms with Crippen molar-refractivity contribution in [3.63, 3.8) is 0 Å². The topological polar surface area (TPSA) is 89.8 Å². The molecule has 0 heterocycles. The first-order chi connectivity index (χ1) is 28.0. The lowest BCUT2D eigenvalue weighted by molar-refractivity contribution is -0.124. The number of hydrogen-bond acceptors (Lipinski definition) is 4. The van der Waals surface area contributed by atoms with Gasteiger partial charge in [-0.15, -0.1) is 0 Å². The summed E-state index contributed by atoms with van der Waals surface area (Å²) >= 11 is 0. The first-order valence-electron chi connectivity index (χ1n) is 25.3. The van der Waals surface area contributed by atoms with Gasteiger partial charge in [0.05, 0.1) is 31.3 Å². The SMILES string of the molecule is CCCCCCCCCCC/C=C\C/C=C\CCCCCCCCCCCC(O)CC(=O)NC(CO)C(O)/C=C/CCCCCCCCCCCCCCCCC. The van der Waals surface area contributed by atoms with Crippen LogP contribution in [-0.4, -0.2) is 46.1 Å². The van der Waals surface area contributed by atoms with Gasteiger partial charge in [-0.25, -0.2) is 0 Å². The van der Waals surface area contributed by atoms with Gasteiger partial charge < -0.3 is 20.6 Å². The molecule has 0 radical (unpaired) electrons. The van der Waals surface area contributed by atoms with E-state index >= 15 is 0 Å². The van der Waals surface area contributed by atoms with E-state index in [1.165, 1.54) is 205 Å². The van der Waals surface area contributed by atoms with Gasteiger partial charge in [0.1, 0.15) is 0 Å². The number of aliphatic hydroxyl groups is 3. The van der Waals surface area contributed by atoms with Gasteiger partial charge in [0.15, 0.2) is 0 Å². The molecule has 336 valence electrons. The lowest BCUT2D eigenvalue weighted by Crippen LogP contribution is -2.45. The van der Waals surface area contributed by atoms with Crippen molar-refractivity contribution in [2.75, 3.05) is 6.61 Å². The minimum Gasteiger partial charge on any atom is -0.394 e. The Morgan fingerprint density at radius 3 is 1.16 bits per heavy atom. The zero-order chi connectivity index (χ0) is 41.5. The highest BCUT2D eigenvalue weighted by Crippen LogP contribution is 2.16. The fraction of sp³-hybridized carbons (Fsp3) is 0.865. The molecule has 57 heavy (non-hydrogen) atoms. The lowest BCUT2D eigenvalue weighted by Gasteiger charge is -2.21. The number of nitrogens with one attached hydrogen (secondary N) is 1. The van der Waals surface area contributed by atoms with Crippen LogP contribution in [0.3, 0.4) is 0 Å². The van der Waals surface area contributed by atoms with E-state index in [-0.39, 0.29) is 18.9 Å². The van der Waals surface area contributed by atoms with Crippen LogP contribution in [-0.2, 0) is 4.79 Å². The fourth-order valence-corrected chi connectivity index (χ4v) is 7.78. The molecule has 4 N–H and O–H groups in total. The molecule has 3 unspecified atom stereocenters. The van der Waals surface area contributed by atoms with Gasteiger partial charge in [-0.05, 0) is 51.4 Å². The normalized spacial score (nSPS) is 13.7. The molecule has 0 aliphatic rings. The summed E-state index contributed by atoms with van der Waals surface area (Å²) in [5, 5.41) is 33.3. The molecular weight excluding hydrogens is 703 g/mol. The predicted octanol–water partition coefficient (Wildman–Crippen LogP) is 15.1. The summed E-state index contributed by atoms with van der Waals surface area (Å²) in [6.45, 7) is 4.23. The van der Waals surface area contributed by atoms with E-state index in [9.17, 15) is 20.1 Å². The molecule has 0 saturated heterocycles. The van der Waals surface area contributed by atoms with Crippen LogP contribution in [0.15, 0.2) is 36.5 Å². The summed E-state index contributed by atoms with van der Waals surface area (Å²) in [5.74, 6) is -0.316. The molecule has 0 aliphatic carbocycles. The highest BCUT2D eigenvalue weighted by atomic mass is 16.3. The van der Waals surface area contributed by atoms with Gasteiger partial charge in [-0.1, -0.05) is 243 Å². The largest absolute Gasteiger partial charge is 0.394 e. The lowest BCUT2D eigenvalue weighted by atomic mass is 10.0. The third-order valence-electron chi connectivity index (χ3n) is 11.7. The Labute approximate surface area is 355 Å². The van der Waals surface area contributed by atoms with Gasteiger partial charge >= 0.3 is 0 Å². The third-order valence-corrected chi connectivity index (χ3v) is 11.7. The molecule has 5 nitrogen and oxygen atoms in total. The number of allylic oxidation sites excluding steroid dienone is 5. The Balaban J connectivity index is 3.62.